The first-order valence-electron chi connectivity index (χ1n) is 41.4. The molecule has 4 aliphatic heterocycles. The van der Waals surface area contributed by atoms with Gasteiger partial charge in [-0.1, -0.05) is 300 Å². The zero-order valence-electron chi connectivity index (χ0n) is 75.3. The summed E-state index contributed by atoms with van der Waals surface area (Å²) < 4.78 is 36.9. The predicted octanol–water partition coefficient (Wildman–Crippen LogP) is 29.0. The molecule has 4 heterocycles. The molecule has 0 atom stereocenters. The molecule has 4 saturated heterocycles. The summed E-state index contributed by atoms with van der Waals surface area (Å²) in [5, 5.41) is 23.0. The third-order valence-electron chi connectivity index (χ3n) is 16.2. The van der Waals surface area contributed by atoms with Crippen LogP contribution in [0.15, 0.2) is 77.3 Å². The van der Waals surface area contributed by atoms with E-state index >= 15 is 0 Å². The van der Waals surface area contributed by atoms with Crippen LogP contribution in [0.25, 0.3) is 0 Å². The Labute approximate surface area is 854 Å². The number of aliphatic hydroxyl groups is 2. The van der Waals surface area contributed by atoms with Gasteiger partial charge in [0.2, 0.25) is 0 Å². The molecular formula is C89H154Br2I8N4O12V2-2. The largest absolute Gasteiger partial charge is 0 e. The van der Waals surface area contributed by atoms with Crippen molar-refractivity contribution in [1.29, 1.82) is 0 Å². The number of aryl methyl sites for hydroxylation is 3. The number of benzene rings is 3. The molecule has 0 aromatic heterocycles. The minimum atomic E-state index is -0.437. The molecule has 0 bridgehead atoms. The number of rotatable bonds is 14. The molecule has 3 amide bonds. The Kier molecular flexibility index (Phi) is 88.8. The van der Waals surface area contributed by atoms with Crippen LogP contribution in [-0.4, -0.2) is 160 Å². The molecule has 3 aromatic carbocycles. The average molecular weight is 2750 g/mol. The number of amides is 3. The standard InChI is InChI=1S/C16H29NO4.C14H20O2.C13H25NO2.C13H19NO.C10H19NO3.C7H6Br2.C3H5I3.C3H6I2.C3H7I.C3H8.2C2H5.2HI.2V/c1-16(2,3)21-15(19)17-10-8-14(9-11-17)20-13-6-4-12(18)5-7-13;1-11-5-7-12(8-6-11)9-10-13(15)16-14(2,3)4;1-5-6-11-7-9-14(10-8-11)12(15)16-13(2,3)4;1-11-2-4-12(5-3-11)10-15-13-6-8-14-9-7-13;1-10(2,3)14-9(13)11-6-4-8(12)5-7-11;8-5-6-1-3-7(9)4-2-6;1-2-3(4,5)6;1-2-3(4)5;1-2-3-4;1-3-2;2*1-2;;;;/h12-14,18H,4-11H2,1-3H3;5-8H,9-10H2,1-4H3;11H,5-10H2,1-4H3;2-5,13-14H,6-10H2,1H3;8,12H,4-7H2,1-3H3;1-4H,5H2;2H2,1H3;3H,2H2,1H3;2-3H2,1H3;3H2,1-2H3;2*1H2,2H3;2*1H;;/q;;;;;;;;;;2*-1;;;;+2/p-2. The number of nitrogens with zero attached hydrogens (tertiary/aromatic N) is 3. The Balaban J connectivity index is -0.000000300. The number of piperidine rings is 4. The van der Waals surface area contributed by atoms with E-state index in [-0.39, 0.29) is 78.4 Å². The van der Waals surface area contributed by atoms with Crippen LogP contribution in [-0.2, 0) is 79.6 Å². The van der Waals surface area contributed by atoms with Crippen LogP contribution in [0.1, 0.15) is 288 Å². The smallest absolute Gasteiger partial charge is 0 e. The van der Waals surface area contributed by atoms with Gasteiger partial charge in [-0.15, -0.1) is 0 Å². The fourth-order valence-electron chi connectivity index (χ4n) is 10.3. The Morgan fingerprint density at radius 2 is 0.855 bits per heavy atom. The molecule has 28 heteroatoms. The first kappa shape index (κ1) is 130. The van der Waals surface area contributed by atoms with Crippen LogP contribution < -0.4 is 5.32 Å². The summed E-state index contributed by atoms with van der Waals surface area (Å²) in [5.41, 5.74) is 4.66. The molecule has 1 aliphatic carbocycles. The molecule has 5 fully saturated rings. The minimum Gasteiger partial charge on any atom is 0 e. The molecule has 3 N–H and O–H groups in total. The summed E-state index contributed by atoms with van der Waals surface area (Å²) in [6.07, 6.45) is 19.9. The molecular weight excluding hydrogens is 2590 g/mol. The Bertz CT molecular complexity index is 2790. The van der Waals surface area contributed by atoms with Crippen molar-refractivity contribution in [2.24, 2.45) is 5.92 Å². The van der Waals surface area contributed by atoms with Crippen LogP contribution >= 0.6 is 207 Å². The number of hydrogen-bond acceptors (Lipinski definition) is 13. The van der Waals surface area contributed by atoms with Crippen LogP contribution in [0.4, 0.5) is 14.4 Å². The number of carbonyl (C=O) groups excluding carboxylic acids is 4. The van der Waals surface area contributed by atoms with Gasteiger partial charge in [0, 0.05) is 74.0 Å². The summed E-state index contributed by atoms with van der Waals surface area (Å²) in [6.45, 7) is 57.0. The van der Waals surface area contributed by atoms with Crippen molar-refractivity contribution in [2.75, 3.05) is 56.8 Å². The van der Waals surface area contributed by atoms with Gasteiger partial charge in [0.05, 0.1) is 39.1 Å². The third kappa shape index (κ3) is 85.3. The Morgan fingerprint density at radius 3 is 1.18 bits per heavy atom. The van der Waals surface area contributed by atoms with Crippen LogP contribution in [0, 0.1) is 33.6 Å². The summed E-state index contributed by atoms with van der Waals surface area (Å²) in [5.74, 6) is 0.678. The van der Waals surface area contributed by atoms with Crippen molar-refractivity contribution >= 4 is 232 Å². The Morgan fingerprint density at radius 1 is 0.530 bits per heavy atom. The minimum absolute atomic E-state index is 0. The van der Waals surface area contributed by atoms with Crippen molar-refractivity contribution < 1.29 is 85.8 Å². The molecule has 3 aromatic rings. The van der Waals surface area contributed by atoms with E-state index in [1.165, 1.54) is 70.8 Å². The van der Waals surface area contributed by atoms with Crippen LogP contribution in [0.2, 0.25) is 0 Å². The van der Waals surface area contributed by atoms with E-state index in [2.05, 4.69) is 343 Å². The topological polar surface area (TPSA) is 186 Å². The van der Waals surface area contributed by atoms with Crippen molar-refractivity contribution in [3.8, 4) is 0 Å². The zero-order valence-corrected chi connectivity index (χ0v) is 98.5. The molecule has 684 valence electrons. The van der Waals surface area contributed by atoms with Crippen molar-refractivity contribution in [3.63, 3.8) is 0 Å². The molecule has 8 rings (SSSR count). The van der Waals surface area contributed by atoms with Gasteiger partial charge in [0.1, 0.15) is 21.8 Å². The maximum Gasteiger partial charge on any atom is 0 e. The van der Waals surface area contributed by atoms with E-state index < -0.39 is 11.2 Å². The second-order valence-corrected chi connectivity index (χ2v) is 63.4. The first-order valence-corrected chi connectivity index (χ1v) is 59.6. The third-order valence-corrected chi connectivity index (χ3v) is 22.5. The van der Waals surface area contributed by atoms with Crippen molar-refractivity contribution in [3.05, 3.63) is 119 Å². The maximum atomic E-state index is 12.0. The summed E-state index contributed by atoms with van der Waals surface area (Å²) in [6, 6.07) is 25.0. The number of alkyl halides is 7. The second kappa shape index (κ2) is 79.6. The number of likely N-dealkylation sites (tertiary alicyclic amines) is 3. The van der Waals surface area contributed by atoms with Gasteiger partial charge in [-0.25, -0.2) is 14.4 Å². The summed E-state index contributed by atoms with van der Waals surface area (Å²) >= 11 is 25.8. The van der Waals surface area contributed by atoms with Gasteiger partial charge in [-0.3, -0.25) is 4.79 Å². The van der Waals surface area contributed by atoms with Crippen LogP contribution in [0.5, 0.6) is 0 Å². The summed E-state index contributed by atoms with van der Waals surface area (Å²) in [4.78, 5) is 52.1. The van der Waals surface area contributed by atoms with E-state index in [0.717, 1.165) is 121 Å². The molecule has 5 aliphatic rings. The quantitative estimate of drug-likeness (QED) is 0.0456. The molecule has 1 saturated carbocycles. The normalized spacial score (nSPS) is 16.2. The number of esters is 1. The van der Waals surface area contributed by atoms with Gasteiger partial charge in [-0.05, 0) is 252 Å². The molecule has 117 heavy (non-hydrogen) atoms. The van der Waals surface area contributed by atoms with Crippen LogP contribution in [0.3, 0.4) is 0 Å². The molecule has 1 radical (unpaired) electrons. The van der Waals surface area contributed by atoms with Gasteiger partial charge < -0.3 is 72.5 Å². The van der Waals surface area contributed by atoms with Gasteiger partial charge in [0.25, 0.3) is 0 Å². The number of nitrogens with one attached hydrogen (secondary N) is 1. The summed E-state index contributed by atoms with van der Waals surface area (Å²) in [7, 11) is 0.628. The van der Waals surface area contributed by atoms with E-state index in [0.29, 0.717) is 60.4 Å². The fourth-order valence-corrected chi connectivity index (χ4v) is 10.9. The molecule has 0 spiro atoms. The average Bonchev–Trinajstić information content (AvgIpc) is 0.862. The Hall–Kier alpha value is 2.71. The SMILES string of the molecule is BrCc1ccc(Br)cc1.CC(C)(C)OC(=O)N1CCC(O)CC1.CC(C)(C)OC(=O)N1CCC(OC2CCC(O)CC2)CC1.CCC.CCC(I)(I)I.CCC(I)I.CCCC1CCN(C(=O)OC(C)(C)C)CC1.CCCI.Cc1ccc(CCC(=O)OC(C)(C)C)cc1.Cc1ccc(COC2CCNCC2)cc1.[CH2-]C.[CH2-]C.[I][V][I].[V]. The van der Waals surface area contributed by atoms with Gasteiger partial charge in [0.15, 0.2) is 0 Å². The number of carbonyl (C=O) groups is 4. The monoisotopic (exact) mass is 2750 g/mol. The van der Waals surface area contributed by atoms with Gasteiger partial charge >= 0.3 is 73.7 Å². The van der Waals surface area contributed by atoms with E-state index in [9.17, 15) is 29.4 Å². The van der Waals surface area contributed by atoms with Crippen molar-refractivity contribution in [2.45, 2.75) is 347 Å². The van der Waals surface area contributed by atoms with E-state index in [1.54, 1.807) is 23.6 Å². The van der Waals surface area contributed by atoms with E-state index in [1.807, 2.05) is 100 Å². The molecule has 16 nitrogen and oxygen atoms in total. The van der Waals surface area contributed by atoms with Gasteiger partial charge in [-0.2, -0.15) is 13.8 Å². The second-order valence-electron chi connectivity index (χ2n) is 31.9. The fraction of sp³-hybridized carbons (Fsp3) is 0.730. The maximum absolute atomic E-state index is 12.0. The molecule has 0 unspecified atom stereocenters. The zero-order chi connectivity index (χ0) is 90.1. The first-order chi connectivity index (χ1) is 54.2. The number of ether oxygens (including phenoxy) is 6. The number of halogens is 10. The van der Waals surface area contributed by atoms with Crippen molar-refractivity contribution in [1.82, 2.24) is 20.0 Å². The predicted molar refractivity (Wildman–Crippen MR) is 565 cm³/mol. The van der Waals surface area contributed by atoms with E-state index in [4.69, 9.17) is 28.4 Å². The number of aliphatic hydroxyl groups excluding tert-OH is 2. The number of hydrogen-bond donors (Lipinski definition) is 3.